The maximum atomic E-state index is 12.4. The lowest BCUT2D eigenvalue weighted by Crippen LogP contribution is -2.52. The Balaban J connectivity index is 0.00000220. The topological polar surface area (TPSA) is 50.8 Å². The van der Waals surface area contributed by atoms with Crippen LogP contribution >= 0.6 is 12.4 Å². The van der Waals surface area contributed by atoms with Gasteiger partial charge in [-0.1, -0.05) is 0 Å². The Morgan fingerprint density at radius 3 is 2.67 bits per heavy atom. The SMILES string of the molecule is COCCOc1ccc(C(=O)N2CCNCC2C)cc1.Cl. The van der Waals surface area contributed by atoms with E-state index in [4.69, 9.17) is 9.47 Å². The van der Waals surface area contributed by atoms with Gasteiger partial charge in [0.2, 0.25) is 0 Å². The van der Waals surface area contributed by atoms with Crippen LogP contribution in [0.15, 0.2) is 24.3 Å². The minimum absolute atomic E-state index is 0. The second-order valence-electron chi connectivity index (χ2n) is 4.92. The fourth-order valence-electron chi connectivity index (χ4n) is 2.25. The monoisotopic (exact) mass is 314 g/mol. The standard InChI is InChI=1S/C15H22N2O3.ClH/c1-12-11-16-7-8-17(12)15(18)13-3-5-14(6-4-13)20-10-9-19-2;/h3-6,12,16H,7-11H2,1-2H3;1H. The fraction of sp³-hybridized carbons (Fsp3) is 0.533. The molecular formula is C15H23ClN2O3. The Labute approximate surface area is 132 Å². The number of benzene rings is 1. The molecule has 1 N–H and O–H groups in total. The molecule has 1 amide bonds. The summed E-state index contributed by atoms with van der Waals surface area (Å²) in [5, 5.41) is 3.28. The van der Waals surface area contributed by atoms with E-state index in [1.54, 1.807) is 7.11 Å². The Morgan fingerprint density at radius 1 is 1.33 bits per heavy atom. The van der Waals surface area contributed by atoms with E-state index in [2.05, 4.69) is 12.2 Å². The highest BCUT2D eigenvalue weighted by Gasteiger charge is 2.23. The highest BCUT2D eigenvalue weighted by Crippen LogP contribution is 2.15. The lowest BCUT2D eigenvalue weighted by molar-refractivity contribution is 0.0655. The van der Waals surface area contributed by atoms with Crippen molar-refractivity contribution in [1.29, 1.82) is 0 Å². The Kier molecular flexibility index (Phi) is 7.50. The van der Waals surface area contributed by atoms with Gasteiger partial charge < -0.3 is 19.7 Å². The lowest BCUT2D eigenvalue weighted by atomic mass is 10.1. The predicted octanol–water partition coefficient (Wildman–Crippen LogP) is 1.57. The molecule has 2 rings (SSSR count). The molecule has 21 heavy (non-hydrogen) atoms. The van der Waals surface area contributed by atoms with E-state index in [9.17, 15) is 4.79 Å². The summed E-state index contributed by atoms with van der Waals surface area (Å²) in [6.07, 6.45) is 0. The van der Waals surface area contributed by atoms with Crippen molar-refractivity contribution >= 4 is 18.3 Å². The van der Waals surface area contributed by atoms with Crippen LogP contribution in [0.1, 0.15) is 17.3 Å². The molecule has 0 aliphatic carbocycles. The lowest BCUT2D eigenvalue weighted by Gasteiger charge is -2.34. The number of carbonyl (C=O) groups is 1. The molecule has 1 saturated heterocycles. The van der Waals surface area contributed by atoms with Gasteiger partial charge in [0, 0.05) is 38.3 Å². The van der Waals surface area contributed by atoms with E-state index < -0.39 is 0 Å². The number of amides is 1. The number of carbonyl (C=O) groups excluding carboxylic acids is 1. The van der Waals surface area contributed by atoms with Gasteiger partial charge in [0.25, 0.3) is 5.91 Å². The van der Waals surface area contributed by atoms with Gasteiger partial charge >= 0.3 is 0 Å². The normalized spacial score (nSPS) is 18.0. The van der Waals surface area contributed by atoms with E-state index in [1.165, 1.54) is 0 Å². The number of hydrogen-bond acceptors (Lipinski definition) is 4. The van der Waals surface area contributed by atoms with Crippen molar-refractivity contribution in [2.75, 3.05) is 40.0 Å². The number of rotatable bonds is 5. The van der Waals surface area contributed by atoms with Crippen LogP contribution in [0.5, 0.6) is 5.75 Å². The zero-order chi connectivity index (χ0) is 14.4. The van der Waals surface area contributed by atoms with Crippen LogP contribution in [0.3, 0.4) is 0 Å². The van der Waals surface area contributed by atoms with Gasteiger partial charge in [0.15, 0.2) is 0 Å². The Morgan fingerprint density at radius 2 is 2.05 bits per heavy atom. The van der Waals surface area contributed by atoms with Gasteiger partial charge in [-0.3, -0.25) is 4.79 Å². The molecule has 0 spiro atoms. The van der Waals surface area contributed by atoms with Gasteiger partial charge in [-0.05, 0) is 31.2 Å². The number of hydrogen-bond donors (Lipinski definition) is 1. The second kappa shape index (κ2) is 8.87. The largest absolute Gasteiger partial charge is 0.491 e. The number of nitrogens with one attached hydrogen (secondary N) is 1. The van der Waals surface area contributed by atoms with Crippen molar-refractivity contribution in [2.45, 2.75) is 13.0 Å². The number of nitrogens with zero attached hydrogens (tertiary/aromatic N) is 1. The van der Waals surface area contributed by atoms with E-state index in [0.717, 1.165) is 25.4 Å². The van der Waals surface area contributed by atoms with Crippen molar-refractivity contribution in [3.8, 4) is 5.75 Å². The number of piperazine rings is 1. The molecule has 1 aliphatic heterocycles. The first kappa shape index (κ1) is 17.8. The molecule has 0 radical (unpaired) electrons. The van der Waals surface area contributed by atoms with Crippen molar-refractivity contribution in [3.63, 3.8) is 0 Å². The maximum Gasteiger partial charge on any atom is 0.254 e. The molecular weight excluding hydrogens is 292 g/mol. The van der Waals surface area contributed by atoms with E-state index >= 15 is 0 Å². The minimum atomic E-state index is 0. The fourth-order valence-corrected chi connectivity index (χ4v) is 2.25. The van der Waals surface area contributed by atoms with E-state index in [0.29, 0.717) is 18.8 Å². The smallest absolute Gasteiger partial charge is 0.254 e. The maximum absolute atomic E-state index is 12.4. The first-order valence-electron chi connectivity index (χ1n) is 6.96. The van der Waals surface area contributed by atoms with E-state index in [-0.39, 0.29) is 24.4 Å². The van der Waals surface area contributed by atoms with Crippen molar-refractivity contribution in [1.82, 2.24) is 10.2 Å². The molecule has 1 aromatic rings. The molecule has 6 heteroatoms. The summed E-state index contributed by atoms with van der Waals surface area (Å²) in [7, 11) is 1.64. The molecule has 118 valence electrons. The second-order valence-corrected chi connectivity index (χ2v) is 4.92. The van der Waals surface area contributed by atoms with Gasteiger partial charge in [0.05, 0.1) is 6.61 Å². The summed E-state index contributed by atoms with van der Waals surface area (Å²) in [5.74, 6) is 0.842. The number of methoxy groups -OCH3 is 1. The van der Waals surface area contributed by atoms with Crippen molar-refractivity contribution in [2.24, 2.45) is 0 Å². The van der Waals surface area contributed by atoms with Crippen molar-refractivity contribution < 1.29 is 14.3 Å². The quantitative estimate of drug-likeness (QED) is 0.838. The van der Waals surface area contributed by atoms with Gasteiger partial charge in [-0.15, -0.1) is 12.4 Å². The van der Waals surface area contributed by atoms with Gasteiger partial charge in [0.1, 0.15) is 12.4 Å². The Bertz CT molecular complexity index is 439. The first-order chi connectivity index (χ1) is 9.72. The highest BCUT2D eigenvalue weighted by molar-refractivity contribution is 5.94. The molecule has 1 aromatic carbocycles. The average molecular weight is 315 g/mol. The molecule has 1 fully saturated rings. The summed E-state index contributed by atoms with van der Waals surface area (Å²) < 4.78 is 10.4. The van der Waals surface area contributed by atoms with E-state index in [1.807, 2.05) is 29.2 Å². The van der Waals surface area contributed by atoms with Crippen LogP contribution < -0.4 is 10.1 Å². The predicted molar refractivity (Wildman–Crippen MR) is 84.4 cm³/mol. The molecule has 0 bridgehead atoms. The van der Waals surface area contributed by atoms with Crippen LogP contribution in [0.4, 0.5) is 0 Å². The van der Waals surface area contributed by atoms with Crippen LogP contribution in [0, 0.1) is 0 Å². The zero-order valence-corrected chi connectivity index (χ0v) is 13.3. The number of ether oxygens (including phenoxy) is 2. The molecule has 1 unspecified atom stereocenters. The highest BCUT2D eigenvalue weighted by atomic mass is 35.5. The molecule has 1 heterocycles. The molecule has 1 aliphatic rings. The third-order valence-electron chi connectivity index (χ3n) is 3.42. The first-order valence-corrected chi connectivity index (χ1v) is 6.96. The third kappa shape index (κ3) is 4.88. The molecule has 1 atom stereocenters. The Hall–Kier alpha value is -1.30. The van der Waals surface area contributed by atoms with Crippen LogP contribution in [-0.4, -0.2) is 56.8 Å². The summed E-state index contributed by atoms with van der Waals surface area (Å²) in [5.41, 5.74) is 0.706. The molecule has 0 saturated carbocycles. The summed E-state index contributed by atoms with van der Waals surface area (Å²) >= 11 is 0. The zero-order valence-electron chi connectivity index (χ0n) is 12.5. The van der Waals surface area contributed by atoms with Crippen LogP contribution in [0.25, 0.3) is 0 Å². The number of halogens is 1. The minimum Gasteiger partial charge on any atom is -0.491 e. The van der Waals surface area contributed by atoms with Gasteiger partial charge in [-0.25, -0.2) is 0 Å². The third-order valence-corrected chi connectivity index (χ3v) is 3.42. The van der Waals surface area contributed by atoms with Gasteiger partial charge in [-0.2, -0.15) is 0 Å². The average Bonchev–Trinajstić information content (AvgIpc) is 2.48. The molecule has 0 aromatic heterocycles. The summed E-state index contributed by atoms with van der Waals surface area (Å²) in [6, 6.07) is 7.53. The van der Waals surface area contributed by atoms with Crippen LogP contribution in [-0.2, 0) is 4.74 Å². The molecule has 5 nitrogen and oxygen atoms in total. The van der Waals surface area contributed by atoms with Crippen LogP contribution in [0.2, 0.25) is 0 Å². The summed E-state index contributed by atoms with van der Waals surface area (Å²) in [6.45, 7) is 5.59. The van der Waals surface area contributed by atoms with Crippen molar-refractivity contribution in [3.05, 3.63) is 29.8 Å². The summed E-state index contributed by atoms with van der Waals surface area (Å²) in [4.78, 5) is 14.3.